The van der Waals surface area contributed by atoms with Crippen molar-refractivity contribution in [2.24, 2.45) is 23.7 Å². The number of aromatic nitrogens is 1. The number of benzene rings is 3. The van der Waals surface area contributed by atoms with E-state index in [4.69, 9.17) is 19.2 Å². The van der Waals surface area contributed by atoms with E-state index >= 15 is 0 Å². The molecule has 1 aliphatic carbocycles. The average molecular weight is 893 g/mol. The third kappa shape index (κ3) is 12.7. The van der Waals surface area contributed by atoms with Gasteiger partial charge >= 0.3 is 18.0 Å². The Balaban J connectivity index is 1.31. The Morgan fingerprint density at radius 1 is 0.828 bits per heavy atom. The number of esters is 2. The van der Waals surface area contributed by atoms with E-state index in [0.717, 1.165) is 27.8 Å². The number of hydrogen-bond acceptors (Lipinski definition) is 10. The summed E-state index contributed by atoms with van der Waals surface area (Å²) in [5, 5.41) is 8.00. The smallest absolute Gasteiger partial charge is 0.407 e. The highest BCUT2D eigenvalue weighted by molar-refractivity contribution is 7.09. The van der Waals surface area contributed by atoms with Gasteiger partial charge in [0.25, 0.3) is 5.91 Å². The molecule has 4 aromatic rings. The molecule has 1 aliphatic rings. The number of nitrogens with one attached hydrogen (secondary N) is 2. The normalized spacial score (nSPS) is 14.8. The second-order valence-corrected chi connectivity index (χ2v) is 18.3. The Labute approximate surface area is 382 Å². The molecule has 0 fully saturated rings. The molecule has 6 atom stereocenters. The maximum Gasteiger partial charge on any atom is 0.407 e. The van der Waals surface area contributed by atoms with Gasteiger partial charge in [0.1, 0.15) is 30.0 Å². The Kier molecular flexibility index (Phi) is 17.8. The zero-order valence-electron chi connectivity index (χ0n) is 38.4. The summed E-state index contributed by atoms with van der Waals surface area (Å²) in [4.78, 5) is 74.1. The lowest BCUT2D eigenvalue weighted by molar-refractivity contribution is -0.155. The molecule has 0 radical (unpaired) electrons. The van der Waals surface area contributed by atoms with Crippen LogP contribution in [-0.4, -0.2) is 78.1 Å². The molecule has 0 saturated carbocycles. The van der Waals surface area contributed by atoms with Gasteiger partial charge in [0.2, 0.25) is 5.91 Å². The first-order valence-electron chi connectivity index (χ1n) is 22.3. The van der Waals surface area contributed by atoms with Crippen LogP contribution in [0.3, 0.4) is 0 Å². The van der Waals surface area contributed by atoms with E-state index in [2.05, 4.69) is 41.5 Å². The third-order valence-corrected chi connectivity index (χ3v) is 12.9. The van der Waals surface area contributed by atoms with Crippen LogP contribution in [0.2, 0.25) is 0 Å². The first-order valence-corrected chi connectivity index (χ1v) is 23.2. The summed E-state index contributed by atoms with van der Waals surface area (Å²) in [6.07, 6.45) is 1.54. The summed E-state index contributed by atoms with van der Waals surface area (Å²) < 4.78 is 17.2. The van der Waals surface area contributed by atoms with Crippen LogP contribution < -0.4 is 10.6 Å². The number of hydrogen-bond donors (Lipinski definition) is 2. The maximum atomic E-state index is 14.5. The minimum atomic E-state index is -0.894. The van der Waals surface area contributed by atoms with Crippen molar-refractivity contribution < 1.29 is 38.2 Å². The summed E-state index contributed by atoms with van der Waals surface area (Å²) in [5.41, 5.74) is 5.54. The van der Waals surface area contributed by atoms with Crippen molar-refractivity contribution in [1.29, 1.82) is 0 Å². The van der Waals surface area contributed by atoms with Crippen LogP contribution in [0.25, 0.3) is 11.1 Å². The van der Waals surface area contributed by atoms with Gasteiger partial charge in [-0.25, -0.2) is 9.78 Å². The number of nitrogens with zero attached hydrogens (tertiary/aromatic N) is 2. The lowest BCUT2D eigenvalue weighted by Crippen LogP contribution is -2.54. The Bertz CT molecular complexity index is 2180. The van der Waals surface area contributed by atoms with Gasteiger partial charge in [-0.1, -0.05) is 146 Å². The average Bonchev–Trinajstić information content (AvgIpc) is 3.91. The Morgan fingerprint density at radius 2 is 1.45 bits per heavy atom. The predicted molar refractivity (Wildman–Crippen MR) is 250 cm³/mol. The number of alkyl carbamates (subject to hydrolysis) is 1. The summed E-state index contributed by atoms with van der Waals surface area (Å²) in [6, 6.07) is 24.1. The molecule has 0 aliphatic heterocycles. The molecule has 3 amide bonds. The molecule has 342 valence electrons. The van der Waals surface area contributed by atoms with Crippen molar-refractivity contribution in [3.8, 4) is 11.1 Å². The SMILES string of the molecule is C=CCOC(=O)[C@@H](C)C[C@H](Cc1ccccc1)NC(=O)c1csc([C@@H](C[C@H](C(C)C)N(C)C(=O)[C@@H](NC(=O)OCC2c3ccccc3-c3ccccc32)[C@@H](C)CC)OC(=O)C(C)C)n1. The highest BCUT2D eigenvalue weighted by atomic mass is 32.1. The van der Waals surface area contributed by atoms with Gasteiger partial charge in [0.05, 0.1) is 11.8 Å². The molecule has 3 aromatic carbocycles. The molecule has 5 rings (SSSR count). The molecule has 1 aromatic heterocycles. The van der Waals surface area contributed by atoms with Crippen LogP contribution in [0.4, 0.5) is 4.79 Å². The monoisotopic (exact) mass is 892 g/mol. The van der Waals surface area contributed by atoms with Crippen molar-refractivity contribution in [2.45, 2.75) is 104 Å². The number of carbonyl (C=O) groups is 5. The molecular weight excluding hydrogens is 829 g/mol. The quantitative estimate of drug-likeness (QED) is 0.0447. The van der Waals surface area contributed by atoms with Gasteiger partial charge in [0, 0.05) is 36.9 Å². The van der Waals surface area contributed by atoms with Crippen molar-refractivity contribution in [3.63, 3.8) is 0 Å². The summed E-state index contributed by atoms with van der Waals surface area (Å²) >= 11 is 1.19. The second-order valence-electron chi connectivity index (χ2n) is 17.4. The van der Waals surface area contributed by atoms with Crippen LogP contribution in [-0.2, 0) is 35.0 Å². The largest absolute Gasteiger partial charge is 0.461 e. The summed E-state index contributed by atoms with van der Waals surface area (Å²) in [6.45, 7) is 16.9. The van der Waals surface area contributed by atoms with Crippen LogP contribution in [0.5, 0.6) is 0 Å². The lowest BCUT2D eigenvalue weighted by Gasteiger charge is -2.37. The van der Waals surface area contributed by atoms with Crippen molar-refractivity contribution >= 4 is 41.2 Å². The van der Waals surface area contributed by atoms with Gasteiger partial charge in [0.15, 0.2) is 6.10 Å². The molecule has 0 unspecified atom stereocenters. The van der Waals surface area contributed by atoms with Gasteiger partial charge in [-0.05, 0) is 52.5 Å². The van der Waals surface area contributed by atoms with Crippen LogP contribution in [0.15, 0.2) is 96.9 Å². The molecule has 13 heteroatoms. The van der Waals surface area contributed by atoms with E-state index in [0.29, 0.717) is 24.3 Å². The zero-order valence-corrected chi connectivity index (χ0v) is 39.2. The maximum absolute atomic E-state index is 14.5. The van der Waals surface area contributed by atoms with Gasteiger partial charge < -0.3 is 29.7 Å². The first-order chi connectivity index (χ1) is 30.6. The van der Waals surface area contributed by atoms with Gasteiger partial charge in [-0.3, -0.25) is 19.2 Å². The Hall–Kier alpha value is -5.82. The van der Waals surface area contributed by atoms with Gasteiger partial charge in [-0.2, -0.15) is 0 Å². The Morgan fingerprint density at radius 3 is 2.05 bits per heavy atom. The number of thiazole rings is 1. The number of rotatable bonds is 22. The van der Waals surface area contributed by atoms with Gasteiger partial charge in [-0.15, -0.1) is 11.3 Å². The van der Waals surface area contributed by atoms with E-state index in [1.807, 2.05) is 82.3 Å². The minimum absolute atomic E-state index is 0.0985. The van der Waals surface area contributed by atoms with Crippen LogP contribution in [0.1, 0.15) is 112 Å². The van der Waals surface area contributed by atoms with Crippen molar-refractivity contribution in [3.05, 3.63) is 124 Å². The molecule has 0 saturated heterocycles. The number of fused-ring (bicyclic) bond motifs is 3. The number of ether oxygens (including phenoxy) is 3. The zero-order chi connectivity index (χ0) is 46.5. The van der Waals surface area contributed by atoms with E-state index < -0.39 is 54.0 Å². The molecule has 0 spiro atoms. The number of likely N-dealkylation sites (N-methyl/N-ethyl adjacent to an activating group) is 1. The molecule has 0 bridgehead atoms. The molecular formula is C51H64N4O8S. The van der Waals surface area contributed by atoms with E-state index in [-0.39, 0.29) is 55.0 Å². The summed E-state index contributed by atoms with van der Waals surface area (Å²) in [5.74, 6) is -2.99. The number of carbonyl (C=O) groups excluding carboxylic acids is 5. The lowest BCUT2D eigenvalue weighted by atomic mass is 9.93. The minimum Gasteiger partial charge on any atom is -0.461 e. The number of amides is 3. The fourth-order valence-corrected chi connectivity index (χ4v) is 8.94. The highest BCUT2D eigenvalue weighted by Crippen LogP contribution is 2.44. The third-order valence-electron chi connectivity index (χ3n) is 12.0. The highest BCUT2D eigenvalue weighted by Gasteiger charge is 2.37. The standard InChI is InChI=1S/C51H64N4O8S/c1-10-25-61-50(59)34(8)26-36(27-35-19-13-12-14-20-35)52-46(56)42-30-64-47(53-42)44(63-49(58)32(5)6)28-43(31(3)4)55(9)48(57)45(33(7)11-2)54-51(60)62-29-41-39-23-17-15-21-37(39)38-22-16-18-24-40(38)41/h10,12-24,30-34,36,41,43-45H,1,11,25-29H2,2-9H3,(H,52,56)(H,54,60)/t33-,34-,36+,43+,44+,45-/m0/s1. The van der Waals surface area contributed by atoms with E-state index in [9.17, 15) is 24.0 Å². The topological polar surface area (TPSA) is 153 Å². The molecule has 2 N–H and O–H groups in total. The van der Waals surface area contributed by atoms with E-state index in [1.165, 1.54) is 17.4 Å². The fraction of sp³-hybridized carbons (Fsp3) is 0.451. The molecule has 64 heavy (non-hydrogen) atoms. The van der Waals surface area contributed by atoms with Crippen LogP contribution >= 0.6 is 11.3 Å². The van der Waals surface area contributed by atoms with E-state index in [1.54, 1.807) is 38.1 Å². The first kappa shape index (κ1) is 49.2. The molecule has 12 nitrogen and oxygen atoms in total. The predicted octanol–water partition coefficient (Wildman–Crippen LogP) is 9.31. The van der Waals surface area contributed by atoms with Crippen molar-refractivity contribution in [1.82, 2.24) is 20.5 Å². The molecule has 1 heterocycles. The second kappa shape index (κ2) is 23.2. The summed E-state index contributed by atoms with van der Waals surface area (Å²) in [7, 11) is 1.70. The van der Waals surface area contributed by atoms with Crippen LogP contribution in [0, 0.1) is 23.7 Å². The van der Waals surface area contributed by atoms with Crippen molar-refractivity contribution in [2.75, 3.05) is 20.3 Å². The fourth-order valence-electron chi connectivity index (χ4n) is 8.10.